The lowest BCUT2D eigenvalue weighted by Crippen LogP contribution is -2.06. The number of furan rings is 1. The molecule has 0 aliphatic carbocycles. The van der Waals surface area contributed by atoms with Crippen LogP contribution in [0.25, 0.3) is 11.0 Å². The Bertz CT molecular complexity index is 809. The fourth-order valence-corrected chi connectivity index (χ4v) is 2.56. The van der Waals surface area contributed by atoms with E-state index in [0.29, 0.717) is 5.56 Å². The van der Waals surface area contributed by atoms with Gasteiger partial charge in [-0.15, -0.1) is 0 Å². The van der Waals surface area contributed by atoms with Gasteiger partial charge in [-0.1, -0.05) is 18.2 Å². The second kappa shape index (κ2) is 5.34. The van der Waals surface area contributed by atoms with Crippen LogP contribution in [0.2, 0.25) is 0 Å². The van der Waals surface area contributed by atoms with Crippen LogP contribution < -0.4 is 5.32 Å². The summed E-state index contributed by atoms with van der Waals surface area (Å²) in [5.41, 5.74) is 3.72. The lowest BCUT2D eigenvalue weighted by molar-refractivity contribution is 0.522. The van der Waals surface area contributed by atoms with Gasteiger partial charge >= 0.3 is 0 Å². The molecule has 3 nitrogen and oxygen atoms in total. The van der Waals surface area contributed by atoms with Gasteiger partial charge in [0.05, 0.1) is 17.7 Å². The minimum Gasteiger partial charge on any atom is -0.459 e. The van der Waals surface area contributed by atoms with Crippen LogP contribution in [0.3, 0.4) is 0 Å². The predicted molar refractivity (Wildman–Crippen MR) is 84.1 cm³/mol. The summed E-state index contributed by atoms with van der Waals surface area (Å²) in [4.78, 5) is 0. The first-order valence-corrected chi connectivity index (χ1v) is 6.94. The van der Waals surface area contributed by atoms with Gasteiger partial charge in [-0.05, 0) is 44.2 Å². The smallest absolute Gasteiger partial charge is 0.134 e. The maximum atomic E-state index is 8.82. The Labute approximate surface area is 123 Å². The van der Waals surface area contributed by atoms with Gasteiger partial charge in [0.25, 0.3) is 0 Å². The van der Waals surface area contributed by atoms with E-state index < -0.39 is 0 Å². The van der Waals surface area contributed by atoms with Crippen LogP contribution in [-0.2, 0) is 0 Å². The van der Waals surface area contributed by atoms with Crippen molar-refractivity contribution in [2.24, 2.45) is 0 Å². The van der Waals surface area contributed by atoms with Crippen LogP contribution in [0.4, 0.5) is 5.69 Å². The average molecular weight is 276 g/mol. The van der Waals surface area contributed by atoms with Gasteiger partial charge in [0.2, 0.25) is 0 Å². The Balaban J connectivity index is 1.88. The van der Waals surface area contributed by atoms with Crippen LogP contribution in [0.15, 0.2) is 52.9 Å². The molecule has 0 fully saturated rings. The van der Waals surface area contributed by atoms with Crippen molar-refractivity contribution in [3.05, 3.63) is 65.4 Å². The summed E-state index contributed by atoms with van der Waals surface area (Å²) in [6.07, 6.45) is 0. The minimum absolute atomic E-state index is 0.0605. The number of hydrogen-bond acceptors (Lipinski definition) is 3. The fraction of sp³-hybridized carbons (Fsp3) is 0.167. The van der Waals surface area contributed by atoms with Gasteiger partial charge < -0.3 is 9.73 Å². The first kappa shape index (κ1) is 13.3. The van der Waals surface area contributed by atoms with Gasteiger partial charge in [0.15, 0.2) is 0 Å². The van der Waals surface area contributed by atoms with E-state index in [0.717, 1.165) is 22.4 Å². The molecule has 3 heteroatoms. The Hall–Kier alpha value is -2.73. The molecule has 0 spiro atoms. The number of anilines is 1. The third-order valence-electron chi connectivity index (χ3n) is 3.67. The van der Waals surface area contributed by atoms with E-state index in [4.69, 9.17) is 9.68 Å². The molecular weight excluding hydrogens is 260 g/mol. The number of rotatable bonds is 3. The SMILES string of the molecule is Cc1c(C(C)Nc2ccc(C#N)cc2)oc2ccccc12. The van der Waals surface area contributed by atoms with Gasteiger partial charge in [-0.25, -0.2) is 0 Å². The molecule has 1 aromatic heterocycles. The summed E-state index contributed by atoms with van der Waals surface area (Å²) in [6.45, 7) is 4.15. The molecule has 0 bridgehead atoms. The van der Waals surface area contributed by atoms with Crippen LogP contribution in [0.5, 0.6) is 0 Å². The summed E-state index contributed by atoms with van der Waals surface area (Å²) < 4.78 is 5.96. The summed E-state index contributed by atoms with van der Waals surface area (Å²) >= 11 is 0. The van der Waals surface area contributed by atoms with E-state index in [1.165, 1.54) is 5.56 Å². The highest BCUT2D eigenvalue weighted by Crippen LogP contribution is 2.30. The third-order valence-corrected chi connectivity index (χ3v) is 3.67. The molecule has 3 aromatic rings. The average Bonchev–Trinajstić information content (AvgIpc) is 2.86. The number of fused-ring (bicyclic) bond motifs is 1. The largest absolute Gasteiger partial charge is 0.459 e. The van der Waals surface area contributed by atoms with Crippen molar-refractivity contribution in [1.82, 2.24) is 0 Å². The second-order valence-corrected chi connectivity index (χ2v) is 5.14. The topological polar surface area (TPSA) is 49.0 Å². The summed E-state index contributed by atoms with van der Waals surface area (Å²) in [5.74, 6) is 0.945. The van der Waals surface area contributed by atoms with Crippen LogP contribution in [0.1, 0.15) is 29.9 Å². The highest BCUT2D eigenvalue weighted by Gasteiger charge is 2.16. The maximum Gasteiger partial charge on any atom is 0.134 e. The zero-order valence-electron chi connectivity index (χ0n) is 12.1. The molecule has 2 aromatic carbocycles. The van der Waals surface area contributed by atoms with Crippen molar-refractivity contribution < 1.29 is 4.42 Å². The number of nitrogens with zero attached hydrogens (tertiary/aromatic N) is 1. The molecule has 3 rings (SSSR count). The van der Waals surface area contributed by atoms with Crippen molar-refractivity contribution in [3.8, 4) is 6.07 Å². The van der Waals surface area contributed by atoms with E-state index in [1.54, 1.807) is 12.1 Å². The van der Waals surface area contributed by atoms with Gasteiger partial charge in [0, 0.05) is 16.6 Å². The van der Waals surface area contributed by atoms with E-state index in [-0.39, 0.29) is 6.04 Å². The number of aryl methyl sites for hydroxylation is 1. The Kier molecular flexibility index (Phi) is 3.37. The van der Waals surface area contributed by atoms with E-state index in [9.17, 15) is 0 Å². The van der Waals surface area contributed by atoms with E-state index in [1.807, 2.05) is 30.3 Å². The molecule has 0 radical (unpaired) electrons. The lowest BCUT2D eigenvalue weighted by Gasteiger charge is -2.14. The molecule has 0 saturated carbocycles. The molecule has 104 valence electrons. The van der Waals surface area contributed by atoms with Crippen LogP contribution in [-0.4, -0.2) is 0 Å². The normalized spacial score (nSPS) is 12.0. The molecular formula is C18H16N2O. The Morgan fingerprint density at radius 3 is 2.48 bits per heavy atom. The Morgan fingerprint density at radius 1 is 1.10 bits per heavy atom. The van der Waals surface area contributed by atoms with Crippen molar-refractivity contribution in [1.29, 1.82) is 5.26 Å². The third kappa shape index (κ3) is 2.48. The summed E-state index contributed by atoms with van der Waals surface area (Å²) in [5, 5.41) is 13.4. The standard InChI is InChI=1S/C18H16N2O/c1-12-16-5-3-4-6-17(16)21-18(12)13(2)20-15-9-7-14(11-19)8-10-15/h3-10,13,20H,1-2H3. The molecule has 0 aliphatic heterocycles. The quantitative estimate of drug-likeness (QED) is 0.748. The molecule has 1 heterocycles. The minimum atomic E-state index is 0.0605. The number of para-hydroxylation sites is 1. The van der Waals surface area contributed by atoms with Gasteiger partial charge in [-0.3, -0.25) is 0 Å². The molecule has 0 amide bonds. The molecule has 0 aliphatic rings. The van der Waals surface area contributed by atoms with Crippen molar-refractivity contribution in [2.75, 3.05) is 5.32 Å². The van der Waals surface area contributed by atoms with Gasteiger partial charge in [-0.2, -0.15) is 5.26 Å². The molecule has 1 N–H and O–H groups in total. The van der Waals surface area contributed by atoms with E-state index in [2.05, 4.69) is 31.3 Å². The first-order chi connectivity index (χ1) is 10.2. The zero-order valence-corrected chi connectivity index (χ0v) is 12.1. The molecule has 21 heavy (non-hydrogen) atoms. The van der Waals surface area contributed by atoms with Crippen LogP contribution in [0, 0.1) is 18.3 Å². The predicted octanol–water partition coefficient (Wildman–Crippen LogP) is 4.79. The first-order valence-electron chi connectivity index (χ1n) is 6.94. The van der Waals surface area contributed by atoms with Crippen molar-refractivity contribution >= 4 is 16.7 Å². The molecule has 1 unspecified atom stereocenters. The van der Waals surface area contributed by atoms with Crippen LogP contribution >= 0.6 is 0 Å². The van der Waals surface area contributed by atoms with E-state index >= 15 is 0 Å². The maximum absolute atomic E-state index is 8.82. The number of benzene rings is 2. The monoisotopic (exact) mass is 276 g/mol. The fourth-order valence-electron chi connectivity index (χ4n) is 2.56. The number of nitrogens with one attached hydrogen (secondary N) is 1. The van der Waals surface area contributed by atoms with Gasteiger partial charge in [0.1, 0.15) is 11.3 Å². The highest BCUT2D eigenvalue weighted by molar-refractivity contribution is 5.82. The lowest BCUT2D eigenvalue weighted by atomic mass is 10.1. The zero-order chi connectivity index (χ0) is 14.8. The number of nitriles is 1. The number of hydrogen-bond donors (Lipinski definition) is 1. The molecule has 0 saturated heterocycles. The highest BCUT2D eigenvalue weighted by atomic mass is 16.3. The van der Waals surface area contributed by atoms with Crippen molar-refractivity contribution in [3.63, 3.8) is 0 Å². The molecule has 1 atom stereocenters. The second-order valence-electron chi connectivity index (χ2n) is 5.14. The summed E-state index contributed by atoms with van der Waals surface area (Å²) in [7, 11) is 0. The Morgan fingerprint density at radius 2 is 1.81 bits per heavy atom. The summed E-state index contributed by atoms with van der Waals surface area (Å²) in [6, 6.07) is 17.7. The van der Waals surface area contributed by atoms with Crippen molar-refractivity contribution in [2.45, 2.75) is 19.9 Å².